The first-order valence-corrected chi connectivity index (χ1v) is 8.29. The molecule has 2 rings (SSSR count). The number of aromatic nitrogens is 2. The maximum Gasteiger partial charge on any atom is 0.0596 e. The summed E-state index contributed by atoms with van der Waals surface area (Å²) in [6.45, 7) is 7.44. The smallest absolute Gasteiger partial charge is 0.0596 e. The highest BCUT2D eigenvalue weighted by atomic mass is 79.9. The molecule has 1 atom stereocenters. The van der Waals surface area contributed by atoms with E-state index in [0.717, 1.165) is 29.6 Å². The van der Waals surface area contributed by atoms with E-state index in [2.05, 4.69) is 64.5 Å². The number of hydrogen-bond donors (Lipinski definition) is 1. The second kappa shape index (κ2) is 7.23. The molecule has 1 N–H and O–H groups in total. The molecule has 2 aromatic rings. The Morgan fingerprint density at radius 3 is 2.67 bits per heavy atom. The molecule has 0 radical (unpaired) electrons. The highest BCUT2D eigenvalue weighted by molar-refractivity contribution is 9.10. The molecule has 0 spiro atoms. The van der Waals surface area contributed by atoms with E-state index < -0.39 is 0 Å². The average molecular weight is 350 g/mol. The SMILES string of the molecule is CCCNC(Cc1cc(C)nn1C)c1cc(Br)ccc1C. The minimum Gasteiger partial charge on any atom is -0.310 e. The van der Waals surface area contributed by atoms with Crippen molar-refractivity contribution in [1.82, 2.24) is 15.1 Å². The van der Waals surface area contributed by atoms with E-state index in [9.17, 15) is 0 Å². The lowest BCUT2D eigenvalue weighted by Gasteiger charge is -2.21. The lowest BCUT2D eigenvalue weighted by Crippen LogP contribution is -2.25. The number of hydrogen-bond acceptors (Lipinski definition) is 2. The minimum absolute atomic E-state index is 0.317. The second-order valence-electron chi connectivity index (χ2n) is 5.61. The second-order valence-corrected chi connectivity index (χ2v) is 6.53. The van der Waals surface area contributed by atoms with Gasteiger partial charge in [0.1, 0.15) is 0 Å². The van der Waals surface area contributed by atoms with Crippen LogP contribution < -0.4 is 5.32 Å². The molecule has 0 aliphatic rings. The molecule has 0 bridgehead atoms. The first-order valence-electron chi connectivity index (χ1n) is 7.50. The van der Waals surface area contributed by atoms with Gasteiger partial charge in [-0.3, -0.25) is 4.68 Å². The summed E-state index contributed by atoms with van der Waals surface area (Å²) in [6, 6.07) is 9.00. The fourth-order valence-electron chi connectivity index (χ4n) is 2.66. The Bertz CT molecular complexity index is 604. The van der Waals surface area contributed by atoms with Crippen molar-refractivity contribution in [2.75, 3.05) is 6.54 Å². The molecule has 0 fully saturated rings. The van der Waals surface area contributed by atoms with Crippen molar-refractivity contribution in [2.45, 2.75) is 39.7 Å². The molecule has 0 saturated heterocycles. The fraction of sp³-hybridized carbons (Fsp3) is 0.471. The van der Waals surface area contributed by atoms with Crippen molar-refractivity contribution in [3.05, 3.63) is 51.3 Å². The van der Waals surface area contributed by atoms with E-state index in [1.807, 2.05) is 18.7 Å². The topological polar surface area (TPSA) is 29.9 Å². The molecule has 0 saturated carbocycles. The zero-order chi connectivity index (χ0) is 15.4. The molecule has 0 aliphatic heterocycles. The Balaban J connectivity index is 2.29. The van der Waals surface area contributed by atoms with Gasteiger partial charge in [0.2, 0.25) is 0 Å². The maximum absolute atomic E-state index is 4.46. The van der Waals surface area contributed by atoms with E-state index in [0.29, 0.717) is 6.04 Å². The van der Waals surface area contributed by atoms with Gasteiger partial charge in [0.15, 0.2) is 0 Å². The normalized spacial score (nSPS) is 12.6. The van der Waals surface area contributed by atoms with Gasteiger partial charge in [0.25, 0.3) is 0 Å². The van der Waals surface area contributed by atoms with Gasteiger partial charge in [0.05, 0.1) is 5.69 Å². The molecule has 4 heteroatoms. The van der Waals surface area contributed by atoms with Crippen LogP contribution in [0.4, 0.5) is 0 Å². The molecule has 3 nitrogen and oxygen atoms in total. The molecule has 0 amide bonds. The van der Waals surface area contributed by atoms with Gasteiger partial charge in [-0.1, -0.05) is 28.9 Å². The van der Waals surface area contributed by atoms with Gasteiger partial charge in [-0.05, 0) is 56.1 Å². The molecular weight excluding hydrogens is 326 g/mol. The fourth-order valence-corrected chi connectivity index (χ4v) is 3.04. The third kappa shape index (κ3) is 4.17. The summed E-state index contributed by atoms with van der Waals surface area (Å²) in [5, 5.41) is 8.13. The average Bonchev–Trinajstić information content (AvgIpc) is 2.75. The maximum atomic E-state index is 4.46. The first kappa shape index (κ1) is 16.2. The van der Waals surface area contributed by atoms with Gasteiger partial charge < -0.3 is 5.32 Å². The van der Waals surface area contributed by atoms with Crippen molar-refractivity contribution < 1.29 is 0 Å². The number of halogens is 1. The van der Waals surface area contributed by atoms with Crippen LogP contribution in [0, 0.1) is 13.8 Å². The molecule has 21 heavy (non-hydrogen) atoms. The van der Waals surface area contributed by atoms with Gasteiger partial charge in [-0.15, -0.1) is 0 Å². The Labute approximate surface area is 135 Å². The summed E-state index contributed by atoms with van der Waals surface area (Å²) < 4.78 is 3.12. The van der Waals surface area contributed by atoms with Crippen molar-refractivity contribution in [3.8, 4) is 0 Å². The molecular formula is C17H24BrN3. The van der Waals surface area contributed by atoms with Gasteiger partial charge >= 0.3 is 0 Å². The Morgan fingerprint density at radius 1 is 1.29 bits per heavy atom. The van der Waals surface area contributed by atoms with Crippen LogP contribution in [0.3, 0.4) is 0 Å². The highest BCUT2D eigenvalue weighted by Crippen LogP contribution is 2.25. The van der Waals surface area contributed by atoms with E-state index in [-0.39, 0.29) is 0 Å². The van der Waals surface area contributed by atoms with Crippen molar-refractivity contribution in [2.24, 2.45) is 7.05 Å². The quantitative estimate of drug-likeness (QED) is 0.851. The number of nitrogens with one attached hydrogen (secondary N) is 1. The number of rotatable bonds is 6. The van der Waals surface area contributed by atoms with Crippen molar-refractivity contribution in [1.29, 1.82) is 0 Å². The first-order chi connectivity index (χ1) is 10.0. The highest BCUT2D eigenvalue weighted by Gasteiger charge is 2.16. The van der Waals surface area contributed by atoms with E-state index in [1.54, 1.807) is 0 Å². The van der Waals surface area contributed by atoms with Gasteiger partial charge in [0, 0.05) is 29.7 Å². The van der Waals surface area contributed by atoms with Gasteiger partial charge in [-0.2, -0.15) is 5.10 Å². The number of benzene rings is 1. The lowest BCUT2D eigenvalue weighted by molar-refractivity contribution is 0.510. The summed E-state index contributed by atoms with van der Waals surface area (Å²) in [6.07, 6.45) is 2.09. The van der Waals surface area contributed by atoms with Crippen LogP contribution in [-0.2, 0) is 13.5 Å². The largest absolute Gasteiger partial charge is 0.310 e. The van der Waals surface area contributed by atoms with Crippen LogP contribution >= 0.6 is 15.9 Å². The minimum atomic E-state index is 0.317. The molecule has 0 aliphatic carbocycles. The van der Waals surface area contributed by atoms with Gasteiger partial charge in [-0.25, -0.2) is 0 Å². The van der Waals surface area contributed by atoms with E-state index in [1.165, 1.54) is 16.8 Å². The third-order valence-electron chi connectivity index (χ3n) is 3.77. The summed E-state index contributed by atoms with van der Waals surface area (Å²) in [5.74, 6) is 0. The van der Waals surface area contributed by atoms with Crippen molar-refractivity contribution >= 4 is 15.9 Å². The summed E-state index contributed by atoms with van der Waals surface area (Å²) in [7, 11) is 2.02. The summed E-state index contributed by atoms with van der Waals surface area (Å²) >= 11 is 3.59. The Morgan fingerprint density at radius 2 is 2.05 bits per heavy atom. The summed E-state index contributed by atoms with van der Waals surface area (Å²) in [5.41, 5.74) is 5.02. The predicted molar refractivity (Wildman–Crippen MR) is 91.6 cm³/mol. The van der Waals surface area contributed by atoms with E-state index >= 15 is 0 Å². The third-order valence-corrected chi connectivity index (χ3v) is 4.26. The molecule has 1 heterocycles. The lowest BCUT2D eigenvalue weighted by atomic mass is 9.97. The number of aryl methyl sites for hydroxylation is 3. The van der Waals surface area contributed by atoms with Crippen LogP contribution in [0.25, 0.3) is 0 Å². The molecule has 1 aromatic carbocycles. The Kier molecular flexibility index (Phi) is 5.59. The standard InChI is InChI=1S/C17H24BrN3/c1-5-8-19-17(11-15-9-13(3)20-21(15)4)16-10-14(18)7-6-12(16)2/h6-7,9-10,17,19H,5,8,11H2,1-4H3. The van der Waals surface area contributed by atoms with Crippen LogP contribution in [0.15, 0.2) is 28.7 Å². The molecule has 1 aromatic heterocycles. The molecule has 1 unspecified atom stereocenters. The summed E-state index contributed by atoms with van der Waals surface area (Å²) in [4.78, 5) is 0. The monoisotopic (exact) mass is 349 g/mol. The zero-order valence-corrected chi connectivity index (χ0v) is 14.9. The van der Waals surface area contributed by atoms with Crippen LogP contribution in [-0.4, -0.2) is 16.3 Å². The molecule has 114 valence electrons. The van der Waals surface area contributed by atoms with Crippen LogP contribution in [0.2, 0.25) is 0 Å². The predicted octanol–water partition coefficient (Wildman–Crippen LogP) is 4.08. The zero-order valence-electron chi connectivity index (χ0n) is 13.3. The van der Waals surface area contributed by atoms with Crippen molar-refractivity contribution in [3.63, 3.8) is 0 Å². The Hall–Kier alpha value is -1.13. The van der Waals surface area contributed by atoms with E-state index in [4.69, 9.17) is 0 Å². The van der Waals surface area contributed by atoms with Crippen LogP contribution in [0.1, 0.15) is 41.9 Å². The van der Waals surface area contributed by atoms with Crippen LogP contribution in [0.5, 0.6) is 0 Å². The number of nitrogens with zero attached hydrogens (tertiary/aromatic N) is 2.